The van der Waals surface area contributed by atoms with E-state index in [4.69, 9.17) is 0 Å². The number of rotatable bonds is 7. The molecule has 3 heteroatoms. The van der Waals surface area contributed by atoms with Crippen LogP contribution in [0.4, 0.5) is 0 Å². The Kier molecular flexibility index (Phi) is 6.24. The van der Waals surface area contributed by atoms with Gasteiger partial charge in [-0.25, -0.2) is 0 Å². The van der Waals surface area contributed by atoms with Crippen molar-refractivity contribution in [3.05, 3.63) is 71.8 Å². The van der Waals surface area contributed by atoms with Gasteiger partial charge in [0.15, 0.2) is 0 Å². The molecule has 2 aromatic rings. The highest BCUT2D eigenvalue weighted by Gasteiger charge is 2.33. The average molecular weight is 338 g/mol. The molecular weight excluding hydrogens is 308 g/mol. The van der Waals surface area contributed by atoms with E-state index >= 15 is 0 Å². The third-order valence-corrected chi connectivity index (χ3v) is 5.33. The van der Waals surface area contributed by atoms with Gasteiger partial charge in [0.2, 0.25) is 0 Å². The molecule has 0 aliphatic carbocycles. The standard InChI is InChI=1S/C22H30N2O/c1-23(2)13-20-14-24(15-21(20)17-25)16-22(18-9-5-3-6-10-18)19-11-7-4-8-12-19/h3-12,20-22,25H,13-17H2,1-2H3/t20-,21-/m1/s1. The molecule has 1 saturated heterocycles. The topological polar surface area (TPSA) is 26.7 Å². The van der Waals surface area contributed by atoms with Gasteiger partial charge in [0.25, 0.3) is 0 Å². The number of hydrogen-bond donors (Lipinski definition) is 1. The second-order valence-corrected chi connectivity index (χ2v) is 7.56. The summed E-state index contributed by atoms with van der Waals surface area (Å²) in [5, 5.41) is 9.79. The van der Waals surface area contributed by atoms with E-state index < -0.39 is 0 Å². The number of benzene rings is 2. The van der Waals surface area contributed by atoms with Crippen LogP contribution in [0.3, 0.4) is 0 Å². The fourth-order valence-electron chi connectivity index (χ4n) is 4.10. The Morgan fingerprint density at radius 3 is 1.92 bits per heavy atom. The minimum atomic E-state index is 0.288. The van der Waals surface area contributed by atoms with Crippen molar-refractivity contribution < 1.29 is 5.11 Å². The van der Waals surface area contributed by atoms with E-state index in [1.165, 1.54) is 11.1 Å². The zero-order valence-electron chi connectivity index (χ0n) is 15.4. The third-order valence-electron chi connectivity index (χ3n) is 5.33. The highest BCUT2D eigenvalue weighted by Crippen LogP contribution is 2.30. The molecule has 0 unspecified atom stereocenters. The fourth-order valence-corrected chi connectivity index (χ4v) is 4.10. The predicted molar refractivity (Wildman–Crippen MR) is 104 cm³/mol. The van der Waals surface area contributed by atoms with Crippen LogP contribution in [0.25, 0.3) is 0 Å². The average Bonchev–Trinajstić information content (AvgIpc) is 3.02. The van der Waals surface area contributed by atoms with E-state index in [9.17, 15) is 5.11 Å². The molecule has 3 nitrogen and oxygen atoms in total. The lowest BCUT2D eigenvalue weighted by Gasteiger charge is -2.25. The largest absolute Gasteiger partial charge is 0.396 e. The van der Waals surface area contributed by atoms with Crippen LogP contribution in [-0.4, -0.2) is 61.8 Å². The van der Waals surface area contributed by atoms with Crippen LogP contribution in [0.5, 0.6) is 0 Å². The Morgan fingerprint density at radius 2 is 1.44 bits per heavy atom. The molecule has 1 aliphatic heterocycles. The molecule has 3 rings (SSSR count). The second kappa shape index (κ2) is 8.61. The van der Waals surface area contributed by atoms with Crippen molar-refractivity contribution in [3.8, 4) is 0 Å². The first kappa shape index (κ1) is 18.1. The van der Waals surface area contributed by atoms with Gasteiger partial charge in [-0.3, -0.25) is 0 Å². The molecule has 2 atom stereocenters. The van der Waals surface area contributed by atoms with Crippen molar-refractivity contribution in [1.29, 1.82) is 0 Å². The van der Waals surface area contributed by atoms with Crippen molar-refractivity contribution in [2.45, 2.75) is 5.92 Å². The SMILES string of the molecule is CN(C)C[C@@H]1CN(CC(c2ccccc2)c2ccccc2)C[C@@H]1CO. The van der Waals surface area contributed by atoms with Crippen LogP contribution in [0.2, 0.25) is 0 Å². The molecule has 0 saturated carbocycles. The van der Waals surface area contributed by atoms with Gasteiger partial charge in [0.1, 0.15) is 0 Å². The van der Waals surface area contributed by atoms with Crippen LogP contribution >= 0.6 is 0 Å². The molecule has 1 N–H and O–H groups in total. The highest BCUT2D eigenvalue weighted by atomic mass is 16.3. The van der Waals surface area contributed by atoms with E-state index in [2.05, 4.69) is 84.6 Å². The van der Waals surface area contributed by atoms with Gasteiger partial charge in [0, 0.05) is 38.7 Å². The Bertz CT molecular complexity index is 589. The molecule has 0 radical (unpaired) electrons. The van der Waals surface area contributed by atoms with Gasteiger partial charge in [-0.2, -0.15) is 0 Å². The summed E-state index contributed by atoms with van der Waals surface area (Å²) < 4.78 is 0. The quantitative estimate of drug-likeness (QED) is 0.841. The minimum Gasteiger partial charge on any atom is -0.396 e. The number of nitrogens with zero attached hydrogens (tertiary/aromatic N) is 2. The second-order valence-electron chi connectivity index (χ2n) is 7.56. The van der Waals surface area contributed by atoms with Crippen LogP contribution in [0.1, 0.15) is 17.0 Å². The van der Waals surface area contributed by atoms with Gasteiger partial charge in [-0.15, -0.1) is 0 Å². The monoisotopic (exact) mass is 338 g/mol. The fraction of sp³-hybridized carbons (Fsp3) is 0.455. The summed E-state index contributed by atoms with van der Waals surface area (Å²) in [6.45, 7) is 4.40. The molecular formula is C22H30N2O. The lowest BCUT2D eigenvalue weighted by atomic mass is 9.91. The number of likely N-dealkylation sites (tertiary alicyclic amines) is 1. The predicted octanol–water partition coefficient (Wildman–Crippen LogP) is 2.92. The van der Waals surface area contributed by atoms with Crippen molar-refractivity contribution in [3.63, 3.8) is 0 Å². The first-order valence-electron chi connectivity index (χ1n) is 9.25. The molecule has 0 aromatic heterocycles. The van der Waals surface area contributed by atoms with E-state index in [1.54, 1.807) is 0 Å². The molecule has 1 heterocycles. The van der Waals surface area contributed by atoms with Crippen molar-refractivity contribution in [2.24, 2.45) is 11.8 Å². The van der Waals surface area contributed by atoms with Gasteiger partial charge in [-0.05, 0) is 37.1 Å². The van der Waals surface area contributed by atoms with Crippen LogP contribution in [0, 0.1) is 11.8 Å². The molecule has 25 heavy (non-hydrogen) atoms. The first-order valence-corrected chi connectivity index (χ1v) is 9.25. The van der Waals surface area contributed by atoms with Crippen molar-refractivity contribution >= 4 is 0 Å². The zero-order chi connectivity index (χ0) is 17.6. The zero-order valence-corrected chi connectivity index (χ0v) is 15.4. The smallest absolute Gasteiger partial charge is 0.0475 e. The first-order chi connectivity index (χ1) is 12.2. The summed E-state index contributed by atoms with van der Waals surface area (Å²) in [6, 6.07) is 21.6. The number of aliphatic hydroxyl groups excluding tert-OH is 1. The van der Waals surface area contributed by atoms with Crippen molar-refractivity contribution in [2.75, 3.05) is 46.9 Å². The van der Waals surface area contributed by atoms with Gasteiger partial charge in [0.05, 0.1) is 0 Å². The molecule has 1 aliphatic rings. The molecule has 134 valence electrons. The lowest BCUT2D eigenvalue weighted by molar-refractivity contribution is 0.183. The molecule has 0 bridgehead atoms. The summed E-state index contributed by atoms with van der Waals surface area (Å²) in [4.78, 5) is 4.78. The lowest BCUT2D eigenvalue weighted by Crippen LogP contribution is -2.29. The maximum atomic E-state index is 9.79. The number of hydrogen-bond acceptors (Lipinski definition) is 3. The summed E-state index contributed by atoms with van der Waals surface area (Å²) in [6.07, 6.45) is 0. The van der Waals surface area contributed by atoms with Gasteiger partial charge in [-0.1, -0.05) is 60.7 Å². The molecule has 0 amide bonds. The summed E-state index contributed by atoms with van der Waals surface area (Å²) in [5.74, 6) is 1.31. The summed E-state index contributed by atoms with van der Waals surface area (Å²) in [5.41, 5.74) is 2.73. The van der Waals surface area contributed by atoms with Crippen LogP contribution < -0.4 is 0 Å². The summed E-state index contributed by atoms with van der Waals surface area (Å²) >= 11 is 0. The van der Waals surface area contributed by atoms with E-state index in [1.807, 2.05) is 0 Å². The Morgan fingerprint density at radius 1 is 0.920 bits per heavy atom. The Balaban J connectivity index is 1.77. The molecule has 2 aromatic carbocycles. The van der Waals surface area contributed by atoms with Crippen molar-refractivity contribution in [1.82, 2.24) is 9.80 Å². The summed E-state index contributed by atoms with van der Waals surface area (Å²) in [7, 11) is 4.24. The maximum absolute atomic E-state index is 9.79. The molecule has 1 fully saturated rings. The van der Waals surface area contributed by atoms with Gasteiger partial charge >= 0.3 is 0 Å². The Labute approximate surface area is 151 Å². The highest BCUT2D eigenvalue weighted by molar-refractivity contribution is 5.32. The van der Waals surface area contributed by atoms with E-state index in [0.717, 1.165) is 26.2 Å². The normalized spacial score (nSPS) is 21.3. The van der Waals surface area contributed by atoms with Crippen LogP contribution in [-0.2, 0) is 0 Å². The van der Waals surface area contributed by atoms with Gasteiger partial charge < -0.3 is 14.9 Å². The Hall–Kier alpha value is -1.68. The molecule has 0 spiro atoms. The maximum Gasteiger partial charge on any atom is 0.0475 e. The van der Waals surface area contributed by atoms with Crippen LogP contribution in [0.15, 0.2) is 60.7 Å². The number of aliphatic hydroxyl groups is 1. The third kappa shape index (κ3) is 4.69. The van der Waals surface area contributed by atoms with E-state index in [0.29, 0.717) is 17.8 Å². The minimum absolute atomic E-state index is 0.288. The van der Waals surface area contributed by atoms with E-state index in [-0.39, 0.29) is 6.61 Å².